The summed E-state index contributed by atoms with van der Waals surface area (Å²) in [6, 6.07) is 8.28. The summed E-state index contributed by atoms with van der Waals surface area (Å²) < 4.78 is 2.27. The second-order valence-electron chi connectivity index (χ2n) is 6.06. The SMILES string of the molecule is CC(Cl)c1nc2ccc(C#N)cc2n1C(C)C1CCCC1. The fourth-order valence-electron chi connectivity index (χ4n) is 3.54. The molecule has 1 fully saturated rings. The number of nitriles is 1. The summed E-state index contributed by atoms with van der Waals surface area (Å²) in [5, 5.41) is 9.02. The highest BCUT2D eigenvalue weighted by atomic mass is 35.5. The van der Waals surface area contributed by atoms with Crippen LogP contribution in [0.2, 0.25) is 0 Å². The summed E-state index contributed by atoms with van der Waals surface area (Å²) in [5.74, 6) is 1.60. The third-order valence-electron chi connectivity index (χ3n) is 4.69. The van der Waals surface area contributed by atoms with Gasteiger partial charge >= 0.3 is 0 Å². The Kier molecular flexibility index (Phi) is 3.91. The minimum atomic E-state index is -0.133. The number of hydrogen-bond acceptors (Lipinski definition) is 2. The molecule has 0 spiro atoms. The van der Waals surface area contributed by atoms with E-state index in [-0.39, 0.29) is 5.38 Å². The maximum Gasteiger partial charge on any atom is 0.127 e. The first kappa shape index (κ1) is 14.4. The number of aromatic nitrogens is 2. The van der Waals surface area contributed by atoms with Gasteiger partial charge in [0.05, 0.1) is 28.0 Å². The van der Waals surface area contributed by atoms with Crippen LogP contribution >= 0.6 is 11.6 Å². The van der Waals surface area contributed by atoms with Gasteiger partial charge in [-0.25, -0.2) is 4.98 Å². The van der Waals surface area contributed by atoms with Gasteiger partial charge in [0.15, 0.2) is 0 Å². The van der Waals surface area contributed by atoms with Gasteiger partial charge in [-0.1, -0.05) is 12.8 Å². The van der Waals surface area contributed by atoms with E-state index in [1.54, 1.807) is 0 Å². The highest BCUT2D eigenvalue weighted by molar-refractivity contribution is 6.20. The zero-order chi connectivity index (χ0) is 15.0. The molecule has 1 aromatic carbocycles. The molecule has 1 saturated carbocycles. The van der Waals surface area contributed by atoms with E-state index in [2.05, 4.69) is 17.6 Å². The van der Waals surface area contributed by atoms with Crippen molar-refractivity contribution in [2.24, 2.45) is 5.92 Å². The third kappa shape index (κ3) is 2.53. The van der Waals surface area contributed by atoms with Crippen LogP contribution in [0.5, 0.6) is 0 Å². The van der Waals surface area contributed by atoms with Gasteiger partial charge in [-0.3, -0.25) is 0 Å². The molecule has 1 aromatic heterocycles. The zero-order valence-corrected chi connectivity index (χ0v) is 13.3. The van der Waals surface area contributed by atoms with Gasteiger partial charge in [0.1, 0.15) is 5.82 Å². The second kappa shape index (κ2) is 5.69. The van der Waals surface area contributed by atoms with Crippen molar-refractivity contribution in [1.29, 1.82) is 5.26 Å². The molecule has 0 radical (unpaired) electrons. The Morgan fingerprint density at radius 3 is 2.67 bits per heavy atom. The number of hydrogen-bond donors (Lipinski definition) is 0. The average Bonchev–Trinajstić information content (AvgIpc) is 3.13. The van der Waals surface area contributed by atoms with Gasteiger partial charge < -0.3 is 4.57 Å². The summed E-state index contributed by atoms with van der Waals surface area (Å²) in [4.78, 5) is 4.70. The van der Waals surface area contributed by atoms with E-state index >= 15 is 0 Å². The molecule has 4 heteroatoms. The Morgan fingerprint density at radius 2 is 2.05 bits per heavy atom. The van der Waals surface area contributed by atoms with Crippen molar-refractivity contribution in [1.82, 2.24) is 9.55 Å². The lowest BCUT2D eigenvalue weighted by atomic mass is 9.99. The molecular weight excluding hydrogens is 282 g/mol. The molecule has 21 heavy (non-hydrogen) atoms. The van der Waals surface area contributed by atoms with Crippen molar-refractivity contribution < 1.29 is 0 Å². The normalized spacial score (nSPS) is 18.8. The van der Waals surface area contributed by atoms with Crippen LogP contribution in [0, 0.1) is 17.2 Å². The lowest BCUT2D eigenvalue weighted by Gasteiger charge is -2.24. The number of rotatable bonds is 3. The molecule has 1 heterocycles. The van der Waals surface area contributed by atoms with Crippen LogP contribution in [-0.4, -0.2) is 9.55 Å². The van der Waals surface area contributed by atoms with Crippen molar-refractivity contribution >= 4 is 22.6 Å². The minimum absolute atomic E-state index is 0.133. The first-order chi connectivity index (χ1) is 10.1. The highest BCUT2D eigenvalue weighted by Crippen LogP contribution is 2.38. The van der Waals surface area contributed by atoms with Gasteiger partial charge in [-0.05, 0) is 50.8 Å². The van der Waals surface area contributed by atoms with Gasteiger partial charge in [0.25, 0.3) is 0 Å². The van der Waals surface area contributed by atoms with Gasteiger partial charge in [-0.2, -0.15) is 5.26 Å². The molecule has 0 bridgehead atoms. The van der Waals surface area contributed by atoms with Gasteiger partial charge in [0.2, 0.25) is 0 Å². The van der Waals surface area contributed by atoms with Crippen LogP contribution in [0.25, 0.3) is 11.0 Å². The third-order valence-corrected chi connectivity index (χ3v) is 4.89. The lowest BCUT2D eigenvalue weighted by molar-refractivity contribution is 0.359. The first-order valence-corrected chi connectivity index (χ1v) is 8.11. The number of halogens is 1. The van der Waals surface area contributed by atoms with E-state index < -0.39 is 0 Å². The zero-order valence-electron chi connectivity index (χ0n) is 12.5. The average molecular weight is 302 g/mol. The maximum atomic E-state index is 9.15. The molecule has 0 aliphatic heterocycles. The molecule has 2 atom stereocenters. The summed E-state index contributed by atoms with van der Waals surface area (Å²) in [6.07, 6.45) is 5.18. The summed E-state index contributed by atoms with van der Waals surface area (Å²) in [5.41, 5.74) is 2.65. The summed E-state index contributed by atoms with van der Waals surface area (Å²) in [6.45, 7) is 4.23. The Balaban J connectivity index is 2.16. The smallest absolute Gasteiger partial charge is 0.127 e. The van der Waals surface area contributed by atoms with E-state index in [1.807, 2.05) is 25.1 Å². The van der Waals surface area contributed by atoms with Gasteiger partial charge in [0, 0.05) is 6.04 Å². The van der Waals surface area contributed by atoms with Crippen LogP contribution in [0.4, 0.5) is 0 Å². The van der Waals surface area contributed by atoms with E-state index in [1.165, 1.54) is 25.7 Å². The van der Waals surface area contributed by atoms with E-state index in [0.717, 1.165) is 16.9 Å². The molecule has 0 N–H and O–H groups in total. The summed E-state index contributed by atoms with van der Waals surface area (Å²) >= 11 is 6.36. The van der Waals surface area contributed by atoms with E-state index in [4.69, 9.17) is 21.8 Å². The Bertz CT molecular complexity index is 690. The Labute approximate surface area is 130 Å². The van der Waals surface area contributed by atoms with Crippen LogP contribution in [0.3, 0.4) is 0 Å². The molecular formula is C17H20ClN3. The van der Waals surface area contributed by atoms with Crippen LogP contribution in [-0.2, 0) is 0 Å². The topological polar surface area (TPSA) is 41.6 Å². The lowest BCUT2D eigenvalue weighted by Crippen LogP contribution is -2.17. The van der Waals surface area contributed by atoms with E-state index in [9.17, 15) is 0 Å². The Hall–Kier alpha value is -1.53. The second-order valence-corrected chi connectivity index (χ2v) is 6.71. The molecule has 110 valence electrons. The van der Waals surface area contributed by atoms with Crippen molar-refractivity contribution in [3.63, 3.8) is 0 Å². The van der Waals surface area contributed by atoms with Crippen molar-refractivity contribution in [2.75, 3.05) is 0 Å². The maximum absolute atomic E-state index is 9.15. The number of imidazole rings is 1. The number of fused-ring (bicyclic) bond motifs is 1. The monoisotopic (exact) mass is 301 g/mol. The van der Waals surface area contributed by atoms with E-state index in [0.29, 0.717) is 17.5 Å². The van der Waals surface area contributed by atoms with Crippen molar-refractivity contribution in [3.8, 4) is 6.07 Å². The standard InChI is InChI=1S/C17H20ClN3/c1-11(18)17-20-15-8-7-13(10-19)9-16(15)21(17)12(2)14-5-3-4-6-14/h7-9,11-12,14H,3-6H2,1-2H3. The summed E-state index contributed by atoms with van der Waals surface area (Å²) in [7, 11) is 0. The van der Waals surface area contributed by atoms with Crippen molar-refractivity contribution in [2.45, 2.75) is 50.9 Å². The molecule has 3 nitrogen and oxygen atoms in total. The number of benzene rings is 1. The quantitative estimate of drug-likeness (QED) is 0.752. The predicted octanol–water partition coefficient (Wildman–Crippen LogP) is 4.96. The molecule has 2 unspecified atom stereocenters. The van der Waals surface area contributed by atoms with Crippen LogP contribution in [0.15, 0.2) is 18.2 Å². The molecule has 0 amide bonds. The molecule has 1 aliphatic rings. The Morgan fingerprint density at radius 1 is 1.33 bits per heavy atom. The van der Waals surface area contributed by atoms with Crippen LogP contribution < -0.4 is 0 Å². The highest BCUT2D eigenvalue weighted by Gasteiger charge is 2.27. The molecule has 3 rings (SSSR count). The minimum Gasteiger partial charge on any atom is -0.324 e. The number of nitrogens with zero attached hydrogens (tertiary/aromatic N) is 3. The fourth-order valence-corrected chi connectivity index (χ4v) is 3.69. The largest absolute Gasteiger partial charge is 0.324 e. The molecule has 0 saturated heterocycles. The number of alkyl halides is 1. The fraction of sp³-hybridized carbons (Fsp3) is 0.529. The van der Waals surface area contributed by atoms with Crippen molar-refractivity contribution in [3.05, 3.63) is 29.6 Å². The molecule has 2 aromatic rings. The predicted molar refractivity (Wildman–Crippen MR) is 85.4 cm³/mol. The first-order valence-electron chi connectivity index (χ1n) is 7.68. The van der Waals surface area contributed by atoms with Gasteiger partial charge in [-0.15, -0.1) is 11.6 Å². The van der Waals surface area contributed by atoms with Crippen LogP contribution in [0.1, 0.15) is 62.3 Å². The molecule has 1 aliphatic carbocycles.